The molecule has 4 nitrogen and oxygen atoms in total. The van der Waals surface area contributed by atoms with Crippen LogP contribution in [0.4, 0.5) is 0 Å². The number of methoxy groups -OCH3 is 2. The Morgan fingerprint density at radius 2 is 1.92 bits per heavy atom. The van der Waals surface area contributed by atoms with E-state index in [1.54, 1.807) is 14.2 Å². The number of nitrogens with two attached hydrogens (primary N) is 2. The molecule has 0 spiro atoms. The molecular formula is C8H22N2O2Si. The standard InChI is InChI=1S/C8H22N2O2Si/c1-11-8(12-2)13-5-3-4-7(10)6-9/h7-8H,3-6,9-10,13H2,1-2H3. The lowest BCUT2D eigenvalue weighted by atomic mass is 10.2. The van der Waals surface area contributed by atoms with Crippen molar-refractivity contribution in [1.82, 2.24) is 0 Å². The van der Waals surface area contributed by atoms with Gasteiger partial charge in [-0.15, -0.1) is 0 Å². The Hall–Kier alpha value is 0.0569. The lowest BCUT2D eigenvalue weighted by Gasteiger charge is -2.13. The molecule has 0 saturated heterocycles. The molecule has 0 bridgehead atoms. The van der Waals surface area contributed by atoms with Crippen molar-refractivity contribution in [3.63, 3.8) is 0 Å². The smallest absolute Gasteiger partial charge is 0.134 e. The summed E-state index contributed by atoms with van der Waals surface area (Å²) >= 11 is 0. The van der Waals surface area contributed by atoms with Crippen LogP contribution in [0.3, 0.4) is 0 Å². The topological polar surface area (TPSA) is 70.5 Å². The summed E-state index contributed by atoms with van der Waals surface area (Å²) in [5.74, 6) is 0.0640. The van der Waals surface area contributed by atoms with Gasteiger partial charge >= 0.3 is 0 Å². The van der Waals surface area contributed by atoms with E-state index >= 15 is 0 Å². The van der Waals surface area contributed by atoms with Crippen LogP contribution in [0.2, 0.25) is 6.04 Å². The van der Waals surface area contributed by atoms with Crippen LogP contribution in [-0.4, -0.2) is 42.2 Å². The normalized spacial score (nSPS) is 14.5. The molecule has 0 aliphatic rings. The highest BCUT2D eigenvalue weighted by Crippen LogP contribution is 2.01. The van der Waals surface area contributed by atoms with E-state index in [2.05, 4.69) is 0 Å². The Balaban J connectivity index is 3.23. The molecule has 0 fully saturated rings. The molecule has 5 heteroatoms. The molecule has 0 heterocycles. The maximum Gasteiger partial charge on any atom is 0.134 e. The third kappa shape index (κ3) is 7.15. The summed E-state index contributed by atoms with van der Waals surface area (Å²) in [7, 11) is 3.11. The first kappa shape index (κ1) is 13.1. The maximum atomic E-state index is 5.68. The lowest BCUT2D eigenvalue weighted by molar-refractivity contribution is -0.0441. The van der Waals surface area contributed by atoms with E-state index in [-0.39, 0.29) is 21.5 Å². The summed E-state index contributed by atoms with van der Waals surface area (Å²) in [6.45, 7) is 0.583. The van der Waals surface area contributed by atoms with Crippen LogP contribution in [-0.2, 0) is 9.47 Å². The van der Waals surface area contributed by atoms with Gasteiger partial charge in [0.05, 0.1) is 9.52 Å². The number of ether oxygens (including phenoxy) is 2. The highest BCUT2D eigenvalue weighted by atomic mass is 28.2. The first-order valence-electron chi connectivity index (χ1n) is 4.75. The zero-order valence-corrected chi connectivity index (χ0v) is 10.1. The molecule has 0 aliphatic carbocycles. The Morgan fingerprint density at radius 3 is 2.38 bits per heavy atom. The van der Waals surface area contributed by atoms with Crippen LogP contribution in [0.5, 0.6) is 0 Å². The fourth-order valence-corrected chi connectivity index (χ4v) is 2.55. The third-order valence-corrected chi connectivity index (χ3v) is 4.14. The molecule has 80 valence electrons. The van der Waals surface area contributed by atoms with Crippen molar-refractivity contribution in [2.75, 3.05) is 20.8 Å². The predicted octanol–water partition coefficient (Wildman–Crippen LogP) is -0.784. The van der Waals surface area contributed by atoms with Crippen LogP contribution in [0.1, 0.15) is 12.8 Å². The van der Waals surface area contributed by atoms with Crippen LogP contribution < -0.4 is 11.5 Å². The summed E-state index contributed by atoms with van der Waals surface area (Å²) < 4.78 is 10.2. The molecule has 4 N–H and O–H groups in total. The van der Waals surface area contributed by atoms with Gasteiger partial charge in [-0.1, -0.05) is 12.5 Å². The summed E-state index contributed by atoms with van der Waals surface area (Å²) in [4.78, 5) is 0. The summed E-state index contributed by atoms with van der Waals surface area (Å²) in [5.41, 5.74) is 11.1. The zero-order valence-electron chi connectivity index (χ0n) is 8.66. The van der Waals surface area contributed by atoms with Crippen molar-refractivity contribution in [3.8, 4) is 0 Å². The molecule has 13 heavy (non-hydrogen) atoms. The van der Waals surface area contributed by atoms with Crippen molar-refractivity contribution in [3.05, 3.63) is 0 Å². The molecular weight excluding hydrogens is 184 g/mol. The molecule has 0 rings (SSSR count). The fourth-order valence-electron chi connectivity index (χ4n) is 1.17. The average molecular weight is 206 g/mol. The van der Waals surface area contributed by atoms with Gasteiger partial charge in [0.15, 0.2) is 0 Å². The minimum absolute atomic E-state index is 0.0640. The fraction of sp³-hybridized carbons (Fsp3) is 1.00. The Kier molecular flexibility index (Phi) is 8.68. The predicted molar refractivity (Wildman–Crippen MR) is 57.4 cm³/mol. The Morgan fingerprint density at radius 1 is 1.31 bits per heavy atom. The van der Waals surface area contributed by atoms with Gasteiger partial charge in [0, 0.05) is 26.8 Å². The second-order valence-electron chi connectivity index (χ2n) is 3.18. The minimum Gasteiger partial charge on any atom is -0.360 e. The van der Waals surface area contributed by atoms with Gasteiger partial charge in [-0.25, -0.2) is 0 Å². The van der Waals surface area contributed by atoms with E-state index in [9.17, 15) is 0 Å². The molecule has 0 aromatic carbocycles. The zero-order chi connectivity index (χ0) is 10.1. The van der Waals surface area contributed by atoms with Crippen LogP contribution in [0, 0.1) is 0 Å². The van der Waals surface area contributed by atoms with Gasteiger partial charge in [-0.3, -0.25) is 0 Å². The summed E-state index contributed by atoms with van der Waals surface area (Å²) in [6, 6.07) is 1.37. The van der Waals surface area contributed by atoms with Gasteiger partial charge in [-0.05, 0) is 6.42 Å². The monoisotopic (exact) mass is 206 g/mol. The second-order valence-corrected chi connectivity index (χ2v) is 5.13. The number of hydrogen-bond acceptors (Lipinski definition) is 4. The van der Waals surface area contributed by atoms with E-state index in [1.165, 1.54) is 6.04 Å². The first-order chi connectivity index (χ1) is 6.24. The van der Waals surface area contributed by atoms with Gasteiger partial charge < -0.3 is 20.9 Å². The minimum atomic E-state index is -0.266. The molecule has 0 saturated carbocycles. The van der Waals surface area contributed by atoms with E-state index in [0.29, 0.717) is 6.54 Å². The van der Waals surface area contributed by atoms with E-state index in [0.717, 1.165) is 12.8 Å². The van der Waals surface area contributed by atoms with Crippen LogP contribution in [0.25, 0.3) is 0 Å². The SMILES string of the molecule is COC(OC)[SiH2]CCCC(N)CN. The Labute approximate surface area is 82.8 Å². The van der Waals surface area contributed by atoms with Crippen molar-refractivity contribution in [2.45, 2.75) is 30.8 Å². The van der Waals surface area contributed by atoms with E-state index in [1.807, 2.05) is 0 Å². The molecule has 0 radical (unpaired) electrons. The largest absolute Gasteiger partial charge is 0.360 e. The van der Waals surface area contributed by atoms with Gasteiger partial charge in [0.2, 0.25) is 0 Å². The maximum absolute atomic E-state index is 5.68. The number of hydrogen-bond donors (Lipinski definition) is 2. The van der Waals surface area contributed by atoms with Crippen LogP contribution in [0.15, 0.2) is 0 Å². The molecule has 1 unspecified atom stereocenters. The molecule has 0 aromatic rings. The van der Waals surface area contributed by atoms with Crippen molar-refractivity contribution < 1.29 is 9.47 Å². The van der Waals surface area contributed by atoms with Crippen molar-refractivity contribution in [2.24, 2.45) is 11.5 Å². The number of rotatable bonds is 8. The van der Waals surface area contributed by atoms with Crippen molar-refractivity contribution >= 4 is 9.52 Å². The summed E-state index contributed by atoms with van der Waals surface area (Å²) in [5, 5.41) is 0. The Bertz CT molecular complexity index is 112. The molecule has 0 aliphatic heterocycles. The lowest BCUT2D eigenvalue weighted by Crippen LogP contribution is -2.29. The average Bonchev–Trinajstić information content (AvgIpc) is 2.18. The highest BCUT2D eigenvalue weighted by Gasteiger charge is 2.05. The summed E-state index contributed by atoms with van der Waals surface area (Å²) in [6.07, 6.45) is 2.16. The highest BCUT2D eigenvalue weighted by molar-refractivity contribution is 6.36. The van der Waals surface area contributed by atoms with E-state index in [4.69, 9.17) is 20.9 Å². The van der Waals surface area contributed by atoms with Crippen LogP contribution >= 0.6 is 0 Å². The first-order valence-corrected chi connectivity index (χ1v) is 6.57. The molecule has 0 aromatic heterocycles. The molecule has 1 atom stereocenters. The third-order valence-electron chi connectivity index (χ3n) is 2.09. The van der Waals surface area contributed by atoms with Gasteiger partial charge in [0.25, 0.3) is 0 Å². The van der Waals surface area contributed by atoms with Gasteiger partial charge in [-0.2, -0.15) is 0 Å². The quantitative estimate of drug-likeness (QED) is 0.310. The van der Waals surface area contributed by atoms with E-state index < -0.39 is 0 Å². The second kappa shape index (κ2) is 8.65. The van der Waals surface area contributed by atoms with Crippen molar-refractivity contribution in [1.29, 1.82) is 0 Å². The molecule has 0 amide bonds. The van der Waals surface area contributed by atoms with Gasteiger partial charge in [0.1, 0.15) is 5.91 Å².